The minimum Gasteiger partial charge on any atom is -0.394 e. The number of hydrogen-bond acceptors (Lipinski definition) is 3. The number of nitrogens with two attached hydrogens (primary N) is 1. The summed E-state index contributed by atoms with van der Waals surface area (Å²) in [5, 5.41) is 9.24. The second-order valence-corrected chi connectivity index (χ2v) is 6.84. The average molecular weight is 328 g/mol. The molecule has 0 bridgehead atoms. The van der Waals surface area contributed by atoms with Crippen LogP contribution in [0.15, 0.2) is 42.5 Å². The van der Waals surface area contributed by atoms with Crippen LogP contribution in [-0.2, 0) is 19.9 Å². The van der Waals surface area contributed by atoms with Crippen LogP contribution in [-0.4, -0.2) is 27.6 Å². The molecule has 1 aromatic heterocycles. The Bertz CT molecular complexity index is 660. The third kappa shape index (κ3) is 5.05. The molecular weight excluding hydrogens is 300 g/mol. The van der Waals surface area contributed by atoms with Crippen molar-refractivity contribution in [1.82, 2.24) is 4.57 Å². The molecule has 0 spiro atoms. The van der Waals surface area contributed by atoms with E-state index in [0.29, 0.717) is 12.8 Å². The Morgan fingerprint density at radius 1 is 1.17 bits per heavy atom. The van der Waals surface area contributed by atoms with Gasteiger partial charge in [-0.05, 0) is 50.3 Å². The second-order valence-electron chi connectivity index (χ2n) is 6.84. The van der Waals surface area contributed by atoms with Gasteiger partial charge in [0.05, 0.1) is 12.3 Å². The fourth-order valence-corrected chi connectivity index (χ4v) is 2.80. The first kappa shape index (κ1) is 18.4. The number of benzene rings is 1. The van der Waals surface area contributed by atoms with Crippen LogP contribution in [0.3, 0.4) is 0 Å². The van der Waals surface area contributed by atoms with Crippen LogP contribution in [0.4, 0.5) is 0 Å². The zero-order valence-electron chi connectivity index (χ0n) is 14.7. The van der Waals surface area contributed by atoms with Crippen molar-refractivity contribution in [2.45, 2.75) is 44.6 Å². The third-order valence-corrected chi connectivity index (χ3v) is 4.54. The molecule has 0 aliphatic carbocycles. The summed E-state index contributed by atoms with van der Waals surface area (Å²) < 4.78 is 1.96. The Hall–Kier alpha value is -1.91. The lowest BCUT2D eigenvalue weighted by atomic mass is 9.97. The molecule has 3 N–H and O–H groups in total. The summed E-state index contributed by atoms with van der Waals surface area (Å²) in [6.07, 6.45) is 3.77. The number of carbonyl (C=O) groups is 1. The fraction of sp³-hybridized carbons (Fsp3) is 0.450. The number of rotatable bonds is 9. The molecule has 1 heterocycles. The van der Waals surface area contributed by atoms with Crippen LogP contribution in [0.5, 0.6) is 0 Å². The number of aromatic nitrogens is 1. The van der Waals surface area contributed by atoms with Gasteiger partial charge >= 0.3 is 0 Å². The number of nitrogens with zero attached hydrogens (tertiary/aromatic N) is 1. The smallest absolute Gasteiger partial charge is 0.179 e. The topological polar surface area (TPSA) is 68.2 Å². The van der Waals surface area contributed by atoms with E-state index >= 15 is 0 Å². The van der Waals surface area contributed by atoms with Gasteiger partial charge in [-0.25, -0.2) is 0 Å². The first-order valence-corrected chi connectivity index (χ1v) is 8.54. The summed E-state index contributed by atoms with van der Waals surface area (Å²) in [6.45, 7) is 1.80. The van der Waals surface area contributed by atoms with E-state index in [-0.39, 0.29) is 12.4 Å². The highest BCUT2D eigenvalue weighted by atomic mass is 16.3. The number of carbonyl (C=O) groups excluding carboxylic acids is 1. The van der Waals surface area contributed by atoms with Crippen molar-refractivity contribution in [1.29, 1.82) is 0 Å². The summed E-state index contributed by atoms with van der Waals surface area (Å²) in [4.78, 5) is 12.4. The van der Waals surface area contributed by atoms with Crippen LogP contribution in [0, 0.1) is 0 Å². The van der Waals surface area contributed by atoms with Crippen LogP contribution in [0.25, 0.3) is 0 Å². The standard InChI is InChI=1S/C20H28N2O2/c1-20(21,15-23)14-13-17-11-12-18(22(17)2)19(24)10-6-9-16-7-4-3-5-8-16/h3-5,7-8,11-12,23H,6,9-10,13-15,21H2,1-2H3. The number of aliphatic hydroxyl groups is 1. The van der Waals surface area contributed by atoms with Crippen molar-refractivity contribution in [3.8, 4) is 0 Å². The quantitative estimate of drug-likeness (QED) is 0.696. The van der Waals surface area contributed by atoms with Gasteiger partial charge in [0.15, 0.2) is 5.78 Å². The van der Waals surface area contributed by atoms with E-state index in [0.717, 1.165) is 30.7 Å². The Labute approximate surface area is 144 Å². The summed E-state index contributed by atoms with van der Waals surface area (Å²) in [7, 11) is 1.92. The molecule has 1 unspecified atom stereocenters. The molecule has 4 heteroatoms. The molecule has 24 heavy (non-hydrogen) atoms. The van der Waals surface area contributed by atoms with Crippen molar-refractivity contribution in [3.63, 3.8) is 0 Å². The Kier molecular flexibility index (Phi) is 6.35. The SMILES string of the molecule is Cn1c(CCC(C)(N)CO)ccc1C(=O)CCCc1ccccc1. The summed E-state index contributed by atoms with van der Waals surface area (Å²) in [6, 6.07) is 14.1. The molecule has 0 aliphatic heterocycles. The number of ketones is 1. The van der Waals surface area contributed by atoms with Crippen molar-refractivity contribution < 1.29 is 9.90 Å². The Morgan fingerprint density at radius 2 is 1.88 bits per heavy atom. The summed E-state index contributed by atoms with van der Waals surface area (Å²) >= 11 is 0. The van der Waals surface area contributed by atoms with E-state index in [1.807, 2.05) is 48.9 Å². The highest BCUT2D eigenvalue weighted by molar-refractivity contribution is 5.94. The number of hydrogen-bond donors (Lipinski definition) is 2. The van der Waals surface area contributed by atoms with E-state index in [2.05, 4.69) is 12.1 Å². The molecule has 4 nitrogen and oxygen atoms in total. The zero-order chi connectivity index (χ0) is 17.6. The van der Waals surface area contributed by atoms with Gasteiger partial charge in [0, 0.05) is 24.7 Å². The highest BCUT2D eigenvalue weighted by Gasteiger charge is 2.19. The molecule has 2 aromatic rings. The lowest BCUT2D eigenvalue weighted by Crippen LogP contribution is -2.40. The number of aryl methyl sites for hydroxylation is 2. The van der Waals surface area contributed by atoms with Gasteiger partial charge in [0.25, 0.3) is 0 Å². The zero-order valence-corrected chi connectivity index (χ0v) is 14.7. The van der Waals surface area contributed by atoms with Crippen molar-refractivity contribution in [2.75, 3.05) is 6.61 Å². The normalized spacial score (nSPS) is 13.7. The number of Topliss-reactive ketones (excluding diaryl/α,β-unsaturated/α-hetero) is 1. The largest absolute Gasteiger partial charge is 0.394 e. The van der Waals surface area contributed by atoms with Crippen molar-refractivity contribution in [2.24, 2.45) is 12.8 Å². The van der Waals surface area contributed by atoms with Gasteiger partial charge in [-0.15, -0.1) is 0 Å². The van der Waals surface area contributed by atoms with Crippen molar-refractivity contribution >= 4 is 5.78 Å². The summed E-state index contributed by atoms with van der Waals surface area (Å²) in [5.74, 6) is 0.178. The lowest BCUT2D eigenvalue weighted by molar-refractivity contribution is 0.0972. The highest BCUT2D eigenvalue weighted by Crippen LogP contribution is 2.16. The van der Waals surface area contributed by atoms with Crippen LogP contribution in [0.2, 0.25) is 0 Å². The third-order valence-electron chi connectivity index (χ3n) is 4.54. The fourth-order valence-electron chi connectivity index (χ4n) is 2.80. The molecule has 0 aliphatic rings. The molecule has 130 valence electrons. The molecular formula is C20H28N2O2. The predicted octanol–water partition coefficient (Wildman–Crippen LogP) is 2.87. The van der Waals surface area contributed by atoms with Gasteiger partial charge in [0.2, 0.25) is 0 Å². The molecule has 0 saturated heterocycles. The molecule has 2 rings (SSSR count). The minimum atomic E-state index is -0.579. The van der Waals surface area contributed by atoms with Crippen LogP contribution < -0.4 is 5.73 Å². The van der Waals surface area contributed by atoms with E-state index in [1.165, 1.54) is 5.56 Å². The van der Waals surface area contributed by atoms with Gasteiger partial charge in [-0.1, -0.05) is 30.3 Å². The van der Waals surface area contributed by atoms with Gasteiger partial charge in [-0.2, -0.15) is 0 Å². The van der Waals surface area contributed by atoms with Gasteiger partial charge < -0.3 is 15.4 Å². The second kappa shape index (κ2) is 8.27. The maximum absolute atomic E-state index is 12.4. The Morgan fingerprint density at radius 3 is 2.54 bits per heavy atom. The lowest BCUT2D eigenvalue weighted by Gasteiger charge is -2.21. The molecule has 1 aromatic carbocycles. The molecule has 0 amide bonds. The van der Waals surface area contributed by atoms with E-state index in [1.54, 1.807) is 0 Å². The maximum Gasteiger partial charge on any atom is 0.179 e. The predicted molar refractivity (Wildman–Crippen MR) is 97.1 cm³/mol. The molecule has 0 saturated carbocycles. The van der Waals surface area contributed by atoms with Crippen LogP contribution in [0.1, 0.15) is 47.9 Å². The van der Waals surface area contributed by atoms with Gasteiger partial charge in [0.1, 0.15) is 0 Å². The van der Waals surface area contributed by atoms with Crippen molar-refractivity contribution in [3.05, 3.63) is 59.4 Å². The minimum absolute atomic E-state index is 0.0390. The number of aliphatic hydroxyl groups excluding tert-OH is 1. The van der Waals surface area contributed by atoms with Crippen LogP contribution >= 0.6 is 0 Å². The maximum atomic E-state index is 12.4. The van der Waals surface area contributed by atoms with E-state index < -0.39 is 5.54 Å². The first-order valence-electron chi connectivity index (χ1n) is 8.54. The average Bonchev–Trinajstić information content (AvgIpc) is 2.95. The first-order chi connectivity index (χ1) is 11.4. The molecule has 0 fully saturated rings. The summed E-state index contributed by atoms with van der Waals surface area (Å²) in [5.41, 5.74) is 8.49. The molecule has 0 radical (unpaired) electrons. The Balaban J connectivity index is 1.88. The van der Waals surface area contributed by atoms with E-state index in [9.17, 15) is 9.90 Å². The van der Waals surface area contributed by atoms with E-state index in [4.69, 9.17) is 5.73 Å². The van der Waals surface area contributed by atoms with Gasteiger partial charge in [-0.3, -0.25) is 4.79 Å². The monoisotopic (exact) mass is 328 g/mol. The molecule has 1 atom stereocenters.